The average molecular weight is 383 g/mol. The Morgan fingerprint density at radius 2 is 2.16 bits per heavy atom. The molecule has 1 N–H and O–H groups in total. The van der Waals surface area contributed by atoms with Crippen molar-refractivity contribution in [2.75, 3.05) is 32.8 Å². The maximum absolute atomic E-state index is 11.8. The van der Waals surface area contributed by atoms with E-state index in [-0.39, 0.29) is 35.9 Å². The average Bonchev–Trinajstić information content (AvgIpc) is 2.39. The van der Waals surface area contributed by atoms with Crippen LogP contribution in [0.1, 0.15) is 33.6 Å². The van der Waals surface area contributed by atoms with Gasteiger partial charge in [0.25, 0.3) is 0 Å². The summed E-state index contributed by atoms with van der Waals surface area (Å²) in [7, 11) is 0. The van der Waals surface area contributed by atoms with Gasteiger partial charge in [-0.15, -0.1) is 24.0 Å². The van der Waals surface area contributed by atoms with Crippen molar-refractivity contribution < 1.29 is 9.53 Å². The van der Waals surface area contributed by atoms with E-state index in [9.17, 15) is 4.79 Å². The zero-order chi connectivity index (χ0) is 13.4. The minimum atomic E-state index is -0.0745. The molecule has 0 aromatic heterocycles. The monoisotopic (exact) mass is 383 g/mol. The van der Waals surface area contributed by atoms with E-state index in [1.807, 2.05) is 13.8 Å². The van der Waals surface area contributed by atoms with Gasteiger partial charge in [0.2, 0.25) is 0 Å². The molecule has 0 bridgehead atoms. The van der Waals surface area contributed by atoms with Gasteiger partial charge in [-0.25, -0.2) is 0 Å². The van der Waals surface area contributed by atoms with Gasteiger partial charge in [-0.05, 0) is 33.6 Å². The molecule has 0 spiro atoms. The van der Waals surface area contributed by atoms with Crippen molar-refractivity contribution in [1.29, 1.82) is 0 Å². The number of carbonyl (C=O) groups excluding carboxylic acids is 1. The van der Waals surface area contributed by atoms with E-state index in [4.69, 9.17) is 4.74 Å². The van der Waals surface area contributed by atoms with Gasteiger partial charge < -0.3 is 15.0 Å². The van der Waals surface area contributed by atoms with Gasteiger partial charge in [-0.1, -0.05) is 0 Å². The number of hydrogen-bond acceptors (Lipinski definition) is 3. The summed E-state index contributed by atoms with van der Waals surface area (Å²) in [5, 5.41) is 3.27. The molecule has 1 aliphatic heterocycles. The Morgan fingerprint density at radius 1 is 1.42 bits per heavy atom. The second-order valence-electron chi connectivity index (χ2n) is 4.37. The highest BCUT2D eigenvalue weighted by Gasteiger charge is 2.28. The maximum Gasteiger partial charge on any atom is 0.310 e. The van der Waals surface area contributed by atoms with E-state index >= 15 is 0 Å². The number of hydrogen-bond donors (Lipinski definition) is 1. The van der Waals surface area contributed by atoms with Crippen molar-refractivity contribution in [1.82, 2.24) is 10.2 Å². The molecule has 19 heavy (non-hydrogen) atoms. The Balaban J connectivity index is 0.00000324. The Morgan fingerprint density at radius 3 is 2.74 bits per heavy atom. The lowest BCUT2D eigenvalue weighted by atomic mass is 9.98. The molecule has 0 aromatic rings. The first-order chi connectivity index (χ1) is 8.72. The first-order valence-corrected chi connectivity index (χ1v) is 6.92. The van der Waals surface area contributed by atoms with Crippen molar-refractivity contribution in [2.24, 2.45) is 10.9 Å². The number of rotatable bonds is 4. The SMILES string of the molecule is CCN=C(NCC)N1CCCC(C(=O)OCC)C1.I. The third-order valence-corrected chi connectivity index (χ3v) is 2.98. The summed E-state index contributed by atoms with van der Waals surface area (Å²) in [6.45, 7) is 9.65. The fourth-order valence-corrected chi connectivity index (χ4v) is 2.20. The van der Waals surface area contributed by atoms with Crippen LogP contribution in [0, 0.1) is 5.92 Å². The molecule has 5 nitrogen and oxygen atoms in total. The summed E-state index contributed by atoms with van der Waals surface area (Å²) in [5.74, 6) is 0.822. The molecule has 0 aromatic carbocycles. The molecule has 1 fully saturated rings. The Hall–Kier alpha value is -0.530. The molecule has 1 saturated heterocycles. The first kappa shape index (κ1) is 18.5. The molecule has 0 amide bonds. The highest BCUT2D eigenvalue weighted by molar-refractivity contribution is 14.0. The van der Waals surface area contributed by atoms with Gasteiger partial charge in [0.05, 0.1) is 12.5 Å². The van der Waals surface area contributed by atoms with Gasteiger partial charge in [0.15, 0.2) is 5.96 Å². The molecular formula is C13H26IN3O2. The maximum atomic E-state index is 11.8. The number of nitrogens with one attached hydrogen (secondary N) is 1. The number of esters is 1. The van der Waals surface area contributed by atoms with Gasteiger partial charge in [0, 0.05) is 26.2 Å². The standard InChI is InChI=1S/C13H25N3O2.HI/c1-4-14-13(15-5-2)16-9-7-8-11(10-16)12(17)18-6-3;/h11H,4-10H2,1-3H3,(H,14,15);1H. The molecular weight excluding hydrogens is 357 g/mol. The normalized spacial score (nSPS) is 19.6. The van der Waals surface area contributed by atoms with Crippen LogP contribution in [0.15, 0.2) is 4.99 Å². The number of carbonyl (C=O) groups is 1. The van der Waals surface area contributed by atoms with Crippen LogP contribution in [-0.2, 0) is 9.53 Å². The van der Waals surface area contributed by atoms with Crippen LogP contribution in [0.4, 0.5) is 0 Å². The van der Waals surface area contributed by atoms with Gasteiger partial charge in [-0.2, -0.15) is 0 Å². The second kappa shape index (κ2) is 10.3. The molecule has 1 atom stereocenters. The predicted molar refractivity (Wildman–Crippen MR) is 88.0 cm³/mol. The van der Waals surface area contributed by atoms with Crippen molar-refractivity contribution in [3.8, 4) is 0 Å². The summed E-state index contributed by atoms with van der Waals surface area (Å²) in [6, 6.07) is 0. The summed E-state index contributed by atoms with van der Waals surface area (Å²) >= 11 is 0. The highest BCUT2D eigenvalue weighted by atomic mass is 127. The fourth-order valence-electron chi connectivity index (χ4n) is 2.20. The van der Waals surface area contributed by atoms with Crippen LogP contribution in [-0.4, -0.2) is 49.6 Å². The number of halogens is 1. The van der Waals surface area contributed by atoms with E-state index in [2.05, 4.69) is 22.1 Å². The number of ether oxygens (including phenoxy) is 1. The van der Waals surface area contributed by atoms with Crippen LogP contribution in [0.2, 0.25) is 0 Å². The molecule has 1 heterocycles. The fraction of sp³-hybridized carbons (Fsp3) is 0.846. The summed E-state index contributed by atoms with van der Waals surface area (Å²) in [5.41, 5.74) is 0. The number of nitrogens with zero attached hydrogens (tertiary/aromatic N) is 2. The minimum absolute atomic E-state index is 0. The van der Waals surface area contributed by atoms with E-state index in [1.165, 1.54) is 0 Å². The molecule has 1 aliphatic rings. The molecule has 6 heteroatoms. The number of aliphatic imine (C=N–C) groups is 1. The lowest BCUT2D eigenvalue weighted by Crippen LogP contribution is -2.48. The zero-order valence-electron chi connectivity index (χ0n) is 12.1. The molecule has 0 saturated carbocycles. The highest BCUT2D eigenvalue weighted by Crippen LogP contribution is 2.18. The molecule has 1 rings (SSSR count). The molecule has 0 aliphatic carbocycles. The topological polar surface area (TPSA) is 53.9 Å². The number of guanidine groups is 1. The number of likely N-dealkylation sites (tertiary alicyclic amines) is 1. The third kappa shape index (κ3) is 5.97. The zero-order valence-corrected chi connectivity index (χ0v) is 14.5. The largest absolute Gasteiger partial charge is 0.466 e. The van der Waals surface area contributed by atoms with Crippen LogP contribution in [0.25, 0.3) is 0 Å². The number of piperidine rings is 1. The Bertz CT molecular complexity index is 298. The predicted octanol–water partition coefficient (Wildman–Crippen LogP) is 1.86. The lowest BCUT2D eigenvalue weighted by molar-refractivity contribution is -0.149. The van der Waals surface area contributed by atoms with Crippen LogP contribution in [0.3, 0.4) is 0 Å². The second-order valence-corrected chi connectivity index (χ2v) is 4.37. The van der Waals surface area contributed by atoms with Crippen LogP contribution >= 0.6 is 24.0 Å². The van der Waals surface area contributed by atoms with Crippen molar-refractivity contribution in [3.63, 3.8) is 0 Å². The van der Waals surface area contributed by atoms with Crippen molar-refractivity contribution in [3.05, 3.63) is 0 Å². The van der Waals surface area contributed by atoms with Gasteiger partial charge in [0.1, 0.15) is 0 Å². The van der Waals surface area contributed by atoms with Gasteiger partial charge >= 0.3 is 5.97 Å². The lowest BCUT2D eigenvalue weighted by Gasteiger charge is -2.33. The smallest absolute Gasteiger partial charge is 0.310 e. The van der Waals surface area contributed by atoms with E-state index in [0.717, 1.165) is 38.4 Å². The summed E-state index contributed by atoms with van der Waals surface area (Å²) in [6.07, 6.45) is 1.93. The first-order valence-electron chi connectivity index (χ1n) is 6.92. The molecule has 1 unspecified atom stereocenters. The van der Waals surface area contributed by atoms with Crippen LogP contribution in [0.5, 0.6) is 0 Å². The molecule has 112 valence electrons. The molecule has 0 radical (unpaired) electrons. The van der Waals surface area contributed by atoms with E-state index in [0.29, 0.717) is 13.2 Å². The van der Waals surface area contributed by atoms with Crippen molar-refractivity contribution >= 4 is 35.9 Å². The third-order valence-electron chi connectivity index (χ3n) is 2.98. The minimum Gasteiger partial charge on any atom is -0.466 e. The van der Waals surface area contributed by atoms with Crippen molar-refractivity contribution in [2.45, 2.75) is 33.6 Å². The van der Waals surface area contributed by atoms with Crippen LogP contribution < -0.4 is 5.32 Å². The quantitative estimate of drug-likeness (QED) is 0.349. The Kier molecular flexibility index (Phi) is 9.99. The van der Waals surface area contributed by atoms with E-state index in [1.54, 1.807) is 0 Å². The summed E-state index contributed by atoms with van der Waals surface area (Å²) < 4.78 is 5.10. The Labute approximate surface area is 133 Å². The summed E-state index contributed by atoms with van der Waals surface area (Å²) in [4.78, 5) is 18.4. The van der Waals surface area contributed by atoms with E-state index < -0.39 is 0 Å². The van der Waals surface area contributed by atoms with Gasteiger partial charge in [-0.3, -0.25) is 9.79 Å².